The zero-order valence-corrected chi connectivity index (χ0v) is 29.2. The minimum Gasteiger partial charge on any atom is -0.550 e. The van der Waals surface area contributed by atoms with Crippen molar-refractivity contribution in [2.45, 2.75) is 84.3 Å². The smallest absolute Gasteiger partial charge is 0.550 e. The van der Waals surface area contributed by atoms with E-state index in [4.69, 9.17) is 20.8 Å². The Morgan fingerprint density at radius 1 is 1.02 bits per heavy atom. The van der Waals surface area contributed by atoms with Crippen molar-refractivity contribution in [3.63, 3.8) is 0 Å². The Kier molecular flexibility index (Phi) is 16.1. The van der Waals surface area contributed by atoms with Gasteiger partial charge in [-0.2, -0.15) is 0 Å². The van der Waals surface area contributed by atoms with Gasteiger partial charge in [0.25, 0.3) is 0 Å². The third kappa shape index (κ3) is 11.8. The summed E-state index contributed by atoms with van der Waals surface area (Å²) in [7, 11) is 0. The van der Waals surface area contributed by atoms with Gasteiger partial charge < -0.3 is 24.9 Å². The molecule has 2 atom stereocenters. The van der Waals surface area contributed by atoms with Gasteiger partial charge in [0.15, 0.2) is 0 Å². The molecule has 0 saturated carbocycles. The molecule has 0 aliphatic carbocycles. The normalized spacial score (nSPS) is 12.4. The van der Waals surface area contributed by atoms with Crippen molar-refractivity contribution in [2.75, 3.05) is 0 Å². The van der Waals surface area contributed by atoms with Gasteiger partial charge >= 0.3 is 29.6 Å². The van der Waals surface area contributed by atoms with E-state index in [0.29, 0.717) is 27.9 Å². The zero-order chi connectivity index (χ0) is 33.8. The summed E-state index contributed by atoms with van der Waals surface area (Å²) in [5.41, 5.74) is 23.7. The molecule has 1 aromatic heterocycles. The Morgan fingerprint density at radius 2 is 1.68 bits per heavy atom. The van der Waals surface area contributed by atoms with E-state index in [2.05, 4.69) is 20.1 Å². The maximum absolute atomic E-state index is 14.1. The molecule has 2 N–H and O–H groups in total. The van der Waals surface area contributed by atoms with Gasteiger partial charge in [0, 0.05) is 51.1 Å². The first-order chi connectivity index (χ1) is 21.9. The number of benzene rings is 2. The standard InChI is InChI=1S/C33H38FN7O5.Na/c1-19(2)32-28(10-9-26(42)14-27(43)15-30(44)45)31(23-5-7-24(34)8-6-23)29(33(38-32)20(3)4)18-46-17-22-11-21(16-37-40-35)12-25(13-22)39-41-36;/h5-13,19-20,26-27,42-43H,14-18H2,1-4H3,(H,44,45);/q;+1/p-1/b10-9-;/t26-,27-;/m1./s1. The molecule has 0 unspecified atom stereocenters. The molecule has 12 nitrogen and oxygen atoms in total. The summed E-state index contributed by atoms with van der Waals surface area (Å²) in [5.74, 6) is -1.90. The minimum atomic E-state index is -1.42. The molecule has 14 heteroatoms. The number of ether oxygens (including phenoxy) is 1. The van der Waals surface area contributed by atoms with E-state index in [1.54, 1.807) is 36.4 Å². The average molecular weight is 654 g/mol. The topological polar surface area (TPSA) is 200 Å². The maximum Gasteiger partial charge on any atom is 1.00 e. The number of azide groups is 2. The van der Waals surface area contributed by atoms with Crippen molar-refractivity contribution >= 4 is 17.7 Å². The summed E-state index contributed by atoms with van der Waals surface area (Å²) in [5, 5.41) is 38.8. The Balaban J connectivity index is 0.00000768. The van der Waals surface area contributed by atoms with Crippen LogP contribution in [0.15, 0.2) is 58.8 Å². The molecule has 0 bridgehead atoms. The number of hydrogen-bond acceptors (Lipinski definition) is 8. The van der Waals surface area contributed by atoms with Crippen LogP contribution in [0.1, 0.15) is 86.0 Å². The number of aliphatic carboxylic acids is 1. The molecule has 0 aliphatic rings. The summed E-state index contributed by atoms with van der Waals surface area (Å²) in [6, 6.07) is 11.1. The zero-order valence-electron chi connectivity index (χ0n) is 27.2. The average Bonchev–Trinajstić information content (AvgIpc) is 2.98. The van der Waals surface area contributed by atoms with E-state index in [1.807, 2.05) is 27.7 Å². The fraction of sp³-hybridized carbons (Fsp3) is 0.394. The van der Waals surface area contributed by atoms with Crippen LogP contribution in [-0.2, 0) is 29.3 Å². The van der Waals surface area contributed by atoms with E-state index in [0.717, 1.165) is 22.5 Å². The quantitative estimate of drug-likeness (QED) is 0.102. The van der Waals surface area contributed by atoms with Gasteiger partial charge in [-0.15, -0.1) is 0 Å². The molecule has 0 saturated heterocycles. The first kappa shape index (κ1) is 39.4. The number of nitrogens with zero attached hydrogens (tertiary/aromatic N) is 7. The number of hydrogen-bond donors (Lipinski definition) is 2. The third-order valence-electron chi connectivity index (χ3n) is 7.05. The van der Waals surface area contributed by atoms with Gasteiger partial charge in [-0.05, 0) is 69.4 Å². The van der Waals surface area contributed by atoms with Gasteiger partial charge in [0.1, 0.15) is 5.82 Å². The number of aliphatic hydroxyl groups is 2. The third-order valence-corrected chi connectivity index (χ3v) is 7.05. The monoisotopic (exact) mass is 653 g/mol. The van der Waals surface area contributed by atoms with E-state index in [9.17, 15) is 24.5 Å². The van der Waals surface area contributed by atoms with Crippen LogP contribution in [0.3, 0.4) is 0 Å². The molecular weight excluding hydrogens is 616 g/mol. The summed E-state index contributed by atoms with van der Waals surface area (Å²) < 4.78 is 20.3. The minimum absolute atomic E-state index is 0. The van der Waals surface area contributed by atoms with Crippen LogP contribution in [0, 0.1) is 5.82 Å². The summed E-state index contributed by atoms with van der Waals surface area (Å²) >= 11 is 0. The number of pyridine rings is 1. The van der Waals surface area contributed by atoms with E-state index >= 15 is 0 Å². The number of halogens is 1. The second-order valence-electron chi connectivity index (χ2n) is 11.4. The molecule has 2 aromatic carbocycles. The van der Waals surface area contributed by atoms with Crippen molar-refractivity contribution in [3.8, 4) is 11.1 Å². The molecule has 0 fully saturated rings. The van der Waals surface area contributed by atoms with E-state index in [1.165, 1.54) is 18.2 Å². The van der Waals surface area contributed by atoms with E-state index < -0.39 is 30.4 Å². The Bertz CT molecular complexity index is 1650. The molecule has 0 spiro atoms. The van der Waals surface area contributed by atoms with Crippen molar-refractivity contribution in [3.05, 3.63) is 109 Å². The maximum atomic E-state index is 14.1. The summed E-state index contributed by atoms with van der Waals surface area (Å²) in [4.78, 5) is 21.5. The number of aromatic nitrogens is 1. The molecule has 0 radical (unpaired) electrons. The van der Waals surface area contributed by atoms with Crippen molar-refractivity contribution in [2.24, 2.45) is 10.2 Å². The molecule has 0 aliphatic heterocycles. The fourth-order valence-electron chi connectivity index (χ4n) is 5.11. The van der Waals surface area contributed by atoms with Crippen molar-refractivity contribution < 1.29 is 58.8 Å². The van der Waals surface area contributed by atoms with Crippen molar-refractivity contribution in [1.82, 2.24) is 4.98 Å². The fourth-order valence-corrected chi connectivity index (χ4v) is 5.11. The van der Waals surface area contributed by atoms with Crippen LogP contribution in [0.2, 0.25) is 0 Å². The number of carboxylic acid groups (broad SMARTS) is 1. The van der Waals surface area contributed by atoms with Gasteiger partial charge in [0.05, 0.1) is 37.7 Å². The largest absolute Gasteiger partial charge is 1.00 e. The van der Waals surface area contributed by atoms with Crippen LogP contribution in [0.4, 0.5) is 10.1 Å². The van der Waals surface area contributed by atoms with Gasteiger partial charge in [-0.3, -0.25) is 4.98 Å². The molecule has 47 heavy (non-hydrogen) atoms. The number of carboxylic acids is 1. The van der Waals surface area contributed by atoms with E-state index in [-0.39, 0.29) is 67.6 Å². The molecule has 1 heterocycles. The molecule has 242 valence electrons. The molecule has 3 rings (SSSR count). The Morgan fingerprint density at radius 3 is 2.28 bits per heavy atom. The first-order valence-corrected chi connectivity index (χ1v) is 14.8. The Hall–Kier alpha value is -3.77. The van der Waals surface area contributed by atoms with Gasteiger partial charge in [-0.25, -0.2) is 4.39 Å². The second-order valence-corrected chi connectivity index (χ2v) is 11.4. The van der Waals surface area contributed by atoms with Crippen LogP contribution in [0.5, 0.6) is 0 Å². The number of rotatable bonds is 16. The first-order valence-electron chi connectivity index (χ1n) is 14.8. The van der Waals surface area contributed by atoms with Crippen LogP contribution < -0.4 is 34.7 Å². The predicted molar refractivity (Wildman–Crippen MR) is 170 cm³/mol. The van der Waals surface area contributed by atoms with Crippen LogP contribution in [-0.4, -0.2) is 33.4 Å². The number of carbonyl (C=O) groups is 1. The Labute approximate surface area is 294 Å². The van der Waals surface area contributed by atoms with Gasteiger partial charge in [-0.1, -0.05) is 68.3 Å². The number of aliphatic hydroxyl groups excluding tert-OH is 2. The second kappa shape index (κ2) is 19.1. The van der Waals surface area contributed by atoms with Crippen molar-refractivity contribution in [1.29, 1.82) is 0 Å². The molecular formula is C33H37FN7NaO5. The SMILES string of the molecule is CC(C)c1nc(C(C)C)c(COCc2cc(CN=[N+]=[N-])cc(N=[N+]=[N-])c2)c(-c2ccc(F)cc2)c1/C=C\[C@@H](O)C[C@@H](O)CC(=O)[O-].[Na+]. The number of carbonyl (C=O) groups excluding carboxylic acids is 1. The molecule has 0 amide bonds. The van der Waals surface area contributed by atoms with Crippen LogP contribution >= 0.6 is 0 Å². The predicted octanol–water partition coefficient (Wildman–Crippen LogP) is 3.87. The van der Waals surface area contributed by atoms with Gasteiger partial charge in [0.2, 0.25) is 0 Å². The summed E-state index contributed by atoms with van der Waals surface area (Å²) in [6.07, 6.45) is -0.106. The molecule has 3 aromatic rings. The summed E-state index contributed by atoms with van der Waals surface area (Å²) in [6.45, 7) is 8.26. The van der Waals surface area contributed by atoms with Crippen LogP contribution in [0.25, 0.3) is 38.1 Å².